The number of unbranched alkanes of at least 4 members (excludes halogenated alkanes) is 1. The topological polar surface area (TPSA) is 42.0 Å². The van der Waals surface area contributed by atoms with Gasteiger partial charge in [0.25, 0.3) is 0 Å². The molecule has 5 nitrogen and oxygen atoms in total. The second-order valence-corrected chi connectivity index (χ2v) is 7.87. The van der Waals surface area contributed by atoms with Crippen molar-refractivity contribution in [1.82, 2.24) is 9.80 Å². The van der Waals surface area contributed by atoms with E-state index in [1.54, 1.807) is 11.9 Å². The maximum Gasteiger partial charge on any atom is 0.415 e. The Morgan fingerprint density at radius 3 is 2.45 bits per heavy atom. The average molecular weight is 413 g/mol. The lowest BCUT2D eigenvalue weighted by molar-refractivity contribution is 0.0101. The Morgan fingerprint density at radius 2 is 1.79 bits per heavy atom. The van der Waals surface area contributed by atoms with Crippen LogP contribution in [0.1, 0.15) is 51.9 Å². The summed E-state index contributed by atoms with van der Waals surface area (Å²) in [6.45, 7) is 5.21. The lowest BCUT2D eigenvalue weighted by atomic mass is 9.92. The number of carbonyl (C=O) groups excluding carboxylic acids is 1. The third-order valence-corrected chi connectivity index (χ3v) is 5.47. The molecule has 0 N–H and O–H groups in total. The molecule has 0 aliphatic heterocycles. The van der Waals surface area contributed by atoms with E-state index >= 15 is 0 Å². The quantitative estimate of drug-likeness (QED) is 0.516. The predicted octanol–water partition coefficient (Wildman–Crippen LogP) is 4.85. The van der Waals surface area contributed by atoms with Crippen molar-refractivity contribution in [3.05, 3.63) is 29.8 Å². The first-order valence-electron chi connectivity index (χ1n) is 10.6. The van der Waals surface area contributed by atoms with Crippen molar-refractivity contribution in [2.24, 2.45) is 0 Å². The molecule has 0 atom stereocenters. The standard InChI is InChI=1S/C22H34F2N2O3/c1-4-13-25(2)14-5-6-15-28-18-9-7-17(8-10-18)26(3)22(27)29-19-11-12-20(23)21(24)16-19/h11-12,16-18H,4-10,13-15H2,1-3H3/t17-,18-. The van der Waals surface area contributed by atoms with Crippen LogP contribution in [0.4, 0.5) is 13.6 Å². The van der Waals surface area contributed by atoms with Gasteiger partial charge in [-0.2, -0.15) is 0 Å². The summed E-state index contributed by atoms with van der Waals surface area (Å²) in [5.41, 5.74) is 0. The number of hydrogen-bond acceptors (Lipinski definition) is 4. The number of rotatable bonds is 10. The van der Waals surface area contributed by atoms with Crippen LogP contribution in [-0.4, -0.2) is 61.8 Å². The van der Waals surface area contributed by atoms with E-state index in [4.69, 9.17) is 9.47 Å². The molecule has 0 saturated heterocycles. The highest BCUT2D eigenvalue weighted by atomic mass is 19.2. The lowest BCUT2D eigenvalue weighted by Crippen LogP contribution is -2.42. The monoisotopic (exact) mass is 412 g/mol. The zero-order chi connectivity index (χ0) is 21.2. The van der Waals surface area contributed by atoms with Gasteiger partial charge in [-0.1, -0.05) is 6.92 Å². The fourth-order valence-corrected chi connectivity index (χ4v) is 3.69. The van der Waals surface area contributed by atoms with Crippen molar-refractivity contribution in [1.29, 1.82) is 0 Å². The normalized spacial score (nSPS) is 19.4. The largest absolute Gasteiger partial charge is 0.415 e. The first-order chi connectivity index (χ1) is 13.9. The van der Waals surface area contributed by atoms with Crippen LogP contribution in [0.25, 0.3) is 0 Å². The highest BCUT2D eigenvalue weighted by Gasteiger charge is 2.28. The van der Waals surface area contributed by atoms with Crippen molar-refractivity contribution in [2.45, 2.75) is 64.0 Å². The lowest BCUT2D eigenvalue weighted by Gasteiger charge is -2.34. The van der Waals surface area contributed by atoms with Crippen molar-refractivity contribution >= 4 is 6.09 Å². The molecule has 0 heterocycles. The van der Waals surface area contributed by atoms with Crippen LogP contribution in [0.2, 0.25) is 0 Å². The Labute approximate surface area is 173 Å². The molecule has 7 heteroatoms. The van der Waals surface area contributed by atoms with Crippen LogP contribution in [0.15, 0.2) is 18.2 Å². The molecule has 1 saturated carbocycles. The molecule has 0 radical (unpaired) electrons. The van der Waals surface area contributed by atoms with Gasteiger partial charge in [-0.15, -0.1) is 0 Å². The van der Waals surface area contributed by atoms with Gasteiger partial charge in [0, 0.05) is 25.8 Å². The third kappa shape index (κ3) is 7.90. The van der Waals surface area contributed by atoms with Gasteiger partial charge in [-0.3, -0.25) is 0 Å². The smallest absolute Gasteiger partial charge is 0.410 e. The summed E-state index contributed by atoms with van der Waals surface area (Å²) in [5.74, 6) is -2.00. The van der Waals surface area contributed by atoms with Crippen molar-refractivity contribution in [3.63, 3.8) is 0 Å². The molecule has 164 valence electrons. The van der Waals surface area contributed by atoms with E-state index in [-0.39, 0.29) is 17.9 Å². The fourth-order valence-electron chi connectivity index (χ4n) is 3.69. The molecular formula is C22H34F2N2O3. The summed E-state index contributed by atoms with van der Waals surface area (Å²) in [6.07, 6.45) is 6.57. The summed E-state index contributed by atoms with van der Waals surface area (Å²) < 4.78 is 37.4. The number of ether oxygens (including phenoxy) is 2. The Kier molecular flexibility index (Phi) is 9.81. The van der Waals surface area contributed by atoms with Gasteiger partial charge in [0.1, 0.15) is 5.75 Å². The molecule has 0 bridgehead atoms. The van der Waals surface area contributed by atoms with Crippen LogP contribution in [-0.2, 0) is 4.74 Å². The molecule has 1 amide bonds. The molecule has 1 aliphatic carbocycles. The number of carbonyl (C=O) groups is 1. The number of benzene rings is 1. The average Bonchev–Trinajstić information content (AvgIpc) is 2.70. The minimum Gasteiger partial charge on any atom is -0.410 e. The predicted molar refractivity (Wildman–Crippen MR) is 109 cm³/mol. The molecule has 0 aromatic heterocycles. The number of hydrogen-bond donors (Lipinski definition) is 0. The number of nitrogens with zero attached hydrogens (tertiary/aromatic N) is 2. The van der Waals surface area contributed by atoms with E-state index in [1.165, 1.54) is 12.5 Å². The first-order valence-corrected chi connectivity index (χ1v) is 10.6. The first kappa shape index (κ1) is 23.5. The van der Waals surface area contributed by atoms with Gasteiger partial charge in [-0.05, 0) is 77.2 Å². The Morgan fingerprint density at radius 1 is 1.07 bits per heavy atom. The van der Waals surface area contributed by atoms with Crippen LogP contribution < -0.4 is 4.74 Å². The van der Waals surface area contributed by atoms with Crippen LogP contribution >= 0.6 is 0 Å². The summed E-state index contributed by atoms with van der Waals surface area (Å²) >= 11 is 0. The summed E-state index contributed by atoms with van der Waals surface area (Å²) in [7, 11) is 3.83. The molecule has 1 aromatic rings. The van der Waals surface area contributed by atoms with E-state index in [2.05, 4.69) is 18.9 Å². The molecule has 0 unspecified atom stereocenters. The van der Waals surface area contributed by atoms with Gasteiger partial charge in [-0.25, -0.2) is 13.6 Å². The zero-order valence-electron chi connectivity index (χ0n) is 17.8. The summed E-state index contributed by atoms with van der Waals surface area (Å²) in [5, 5.41) is 0. The van der Waals surface area contributed by atoms with Crippen molar-refractivity contribution in [3.8, 4) is 5.75 Å². The molecule has 2 rings (SSSR count). The maximum atomic E-state index is 13.3. The van der Waals surface area contributed by atoms with Gasteiger partial charge in [0.05, 0.1) is 6.10 Å². The van der Waals surface area contributed by atoms with E-state index in [0.29, 0.717) is 0 Å². The van der Waals surface area contributed by atoms with E-state index in [0.717, 1.165) is 70.4 Å². The number of halogens is 2. The van der Waals surface area contributed by atoms with Gasteiger partial charge in [0.15, 0.2) is 11.6 Å². The van der Waals surface area contributed by atoms with E-state index in [1.807, 2.05) is 0 Å². The maximum absolute atomic E-state index is 13.3. The third-order valence-electron chi connectivity index (χ3n) is 5.47. The van der Waals surface area contributed by atoms with Crippen molar-refractivity contribution in [2.75, 3.05) is 33.8 Å². The molecule has 1 fully saturated rings. The Hall–Kier alpha value is -1.73. The molecule has 29 heavy (non-hydrogen) atoms. The van der Waals surface area contributed by atoms with Crippen LogP contribution in [0, 0.1) is 11.6 Å². The highest BCUT2D eigenvalue weighted by Crippen LogP contribution is 2.26. The minimum absolute atomic E-state index is 0.00218. The minimum atomic E-state index is -1.03. The summed E-state index contributed by atoms with van der Waals surface area (Å²) in [4.78, 5) is 16.2. The second kappa shape index (κ2) is 12.1. The molecule has 0 spiro atoms. The van der Waals surface area contributed by atoms with Gasteiger partial charge >= 0.3 is 6.09 Å². The van der Waals surface area contributed by atoms with Crippen LogP contribution in [0.3, 0.4) is 0 Å². The fraction of sp³-hybridized carbons (Fsp3) is 0.682. The Balaban J connectivity index is 1.64. The summed E-state index contributed by atoms with van der Waals surface area (Å²) in [6, 6.07) is 3.14. The molecule has 1 aromatic carbocycles. The number of amides is 1. The van der Waals surface area contributed by atoms with Crippen LogP contribution in [0.5, 0.6) is 5.75 Å². The second-order valence-electron chi connectivity index (χ2n) is 7.87. The van der Waals surface area contributed by atoms with Gasteiger partial charge in [0.2, 0.25) is 0 Å². The zero-order valence-corrected chi connectivity index (χ0v) is 17.8. The van der Waals surface area contributed by atoms with Crippen molar-refractivity contribution < 1.29 is 23.0 Å². The SMILES string of the molecule is CCCN(C)CCCCO[C@H]1CC[C@H](N(C)C(=O)Oc2ccc(F)c(F)c2)CC1. The highest BCUT2D eigenvalue weighted by molar-refractivity contribution is 5.70. The van der Waals surface area contributed by atoms with Gasteiger partial charge < -0.3 is 19.3 Å². The van der Waals surface area contributed by atoms with E-state index < -0.39 is 17.7 Å². The Bertz CT molecular complexity index is 636. The molecular weight excluding hydrogens is 378 g/mol. The molecule has 1 aliphatic rings. The van der Waals surface area contributed by atoms with E-state index in [9.17, 15) is 13.6 Å².